The van der Waals surface area contributed by atoms with Gasteiger partial charge in [0.25, 0.3) is 0 Å². The number of fused-ring (bicyclic) bond motifs is 1. The minimum atomic E-state index is -0.726. The van der Waals surface area contributed by atoms with Crippen LogP contribution in [0.25, 0.3) is 11.1 Å². The van der Waals surface area contributed by atoms with Gasteiger partial charge in [-0.05, 0) is 37.6 Å². The van der Waals surface area contributed by atoms with E-state index in [1.807, 2.05) is 18.2 Å². The summed E-state index contributed by atoms with van der Waals surface area (Å²) < 4.78 is 5.29. The van der Waals surface area contributed by atoms with E-state index < -0.39 is 11.4 Å². The third-order valence-electron chi connectivity index (χ3n) is 4.20. The van der Waals surface area contributed by atoms with Crippen molar-refractivity contribution in [1.82, 2.24) is 10.3 Å². The van der Waals surface area contributed by atoms with Crippen molar-refractivity contribution in [3.05, 3.63) is 30.2 Å². The Hall–Kier alpha value is -1.88. The number of hydrogen-bond acceptors (Lipinski definition) is 4. The van der Waals surface area contributed by atoms with Crippen LogP contribution in [0.3, 0.4) is 0 Å². The van der Waals surface area contributed by atoms with E-state index in [2.05, 4.69) is 10.3 Å². The van der Waals surface area contributed by atoms with Gasteiger partial charge in [0.15, 0.2) is 12.0 Å². The number of oxazole rings is 1. The smallest absolute Gasteiger partial charge is 0.311 e. The molecule has 1 atom stereocenters. The molecule has 1 aromatic carbocycles. The Kier molecular flexibility index (Phi) is 2.78. The molecule has 2 N–H and O–H groups in total. The van der Waals surface area contributed by atoms with Gasteiger partial charge in [-0.15, -0.1) is 0 Å². The van der Waals surface area contributed by atoms with Crippen LogP contribution in [-0.2, 0) is 4.79 Å². The van der Waals surface area contributed by atoms with Gasteiger partial charge >= 0.3 is 5.97 Å². The number of benzene rings is 1. The first-order chi connectivity index (χ1) is 9.17. The highest BCUT2D eigenvalue weighted by atomic mass is 16.4. The Balaban J connectivity index is 2.03. The van der Waals surface area contributed by atoms with Crippen LogP contribution in [0, 0.1) is 5.41 Å². The zero-order valence-corrected chi connectivity index (χ0v) is 10.7. The van der Waals surface area contributed by atoms with Gasteiger partial charge in [-0.25, -0.2) is 4.98 Å². The third-order valence-corrected chi connectivity index (χ3v) is 4.20. The van der Waals surface area contributed by atoms with Gasteiger partial charge in [0.1, 0.15) is 5.52 Å². The molecule has 1 aromatic heterocycles. The van der Waals surface area contributed by atoms with Crippen LogP contribution in [0.2, 0.25) is 0 Å². The van der Waals surface area contributed by atoms with E-state index in [0.717, 1.165) is 17.5 Å². The SMILES string of the molecule is CNC(c1ccc2ncoc2c1)C1(C(=O)O)CCC1. The second-order valence-corrected chi connectivity index (χ2v) is 5.12. The summed E-state index contributed by atoms with van der Waals surface area (Å²) >= 11 is 0. The molecule has 0 aliphatic heterocycles. The highest BCUT2D eigenvalue weighted by Crippen LogP contribution is 2.50. The molecule has 0 radical (unpaired) electrons. The van der Waals surface area contributed by atoms with E-state index in [9.17, 15) is 9.90 Å². The molecule has 1 unspecified atom stereocenters. The normalized spacial score (nSPS) is 19.0. The molecular weight excluding hydrogens is 244 g/mol. The Morgan fingerprint density at radius 2 is 2.32 bits per heavy atom. The molecule has 19 heavy (non-hydrogen) atoms. The molecule has 3 rings (SSSR count). The topological polar surface area (TPSA) is 75.4 Å². The largest absolute Gasteiger partial charge is 0.481 e. The van der Waals surface area contributed by atoms with Crippen molar-refractivity contribution in [3.63, 3.8) is 0 Å². The van der Waals surface area contributed by atoms with Crippen molar-refractivity contribution < 1.29 is 14.3 Å². The van der Waals surface area contributed by atoms with Gasteiger partial charge in [0.05, 0.1) is 5.41 Å². The van der Waals surface area contributed by atoms with Crippen molar-refractivity contribution in [1.29, 1.82) is 0 Å². The summed E-state index contributed by atoms with van der Waals surface area (Å²) in [5, 5.41) is 12.7. The predicted molar refractivity (Wildman–Crippen MR) is 69.7 cm³/mol. The van der Waals surface area contributed by atoms with E-state index in [-0.39, 0.29) is 6.04 Å². The fourth-order valence-corrected chi connectivity index (χ4v) is 3.00. The molecule has 5 heteroatoms. The summed E-state index contributed by atoms with van der Waals surface area (Å²) in [4.78, 5) is 15.7. The molecular formula is C14H16N2O3. The molecule has 1 heterocycles. The molecule has 1 aliphatic carbocycles. The van der Waals surface area contributed by atoms with Gasteiger partial charge in [-0.3, -0.25) is 4.79 Å². The number of hydrogen-bond donors (Lipinski definition) is 2. The maximum Gasteiger partial charge on any atom is 0.311 e. The molecule has 5 nitrogen and oxygen atoms in total. The summed E-state index contributed by atoms with van der Waals surface area (Å²) in [5.74, 6) is -0.726. The molecule has 1 saturated carbocycles. The first kappa shape index (κ1) is 12.2. The first-order valence-corrected chi connectivity index (χ1v) is 6.41. The van der Waals surface area contributed by atoms with E-state index in [0.29, 0.717) is 18.4 Å². The van der Waals surface area contributed by atoms with Crippen LogP contribution >= 0.6 is 0 Å². The molecule has 2 aromatic rings. The quantitative estimate of drug-likeness (QED) is 0.882. The first-order valence-electron chi connectivity index (χ1n) is 6.41. The second-order valence-electron chi connectivity index (χ2n) is 5.12. The van der Waals surface area contributed by atoms with Crippen molar-refractivity contribution >= 4 is 17.1 Å². The fraction of sp³-hybridized carbons (Fsp3) is 0.429. The van der Waals surface area contributed by atoms with Crippen LogP contribution in [0.5, 0.6) is 0 Å². The minimum absolute atomic E-state index is 0.201. The Labute approximate surface area is 110 Å². The van der Waals surface area contributed by atoms with Gasteiger partial charge in [-0.2, -0.15) is 0 Å². The van der Waals surface area contributed by atoms with E-state index in [1.54, 1.807) is 7.05 Å². The lowest BCUT2D eigenvalue weighted by atomic mass is 9.62. The van der Waals surface area contributed by atoms with Crippen LogP contribution in [0.1, 0.15) is 30.9 Å². The zero-order valence-electron chi connectivity index (χ0n) is 10.7. The lowest BCUT2D eigenvalue weighted by molar-refractivity contribution is -0.157. The van der Waals surface area contributed by atoms with Gasteiger partial charge in [0.2, 0.25) is 0 Å². The van der Waals surface area contributed by atoms with Crippen molar-refractivity contribution in [2.45, 2.75) is 25.3 Å². The number of aromatic nitrogens is 1. The van der Waals surface area contributed by atoms with Gasteiger partial charge < -0.3 is 14.8 Å². The average Bonchev–Trinajstić information content (AvgIpc) is 2.79. The maximum absolute atomic E-state index is 11.6. The highest BCUT2D eigenvalue weighted by molar-refractivity contribution is 5.78. The number of rotatable bonds is 4. The zero-order chi connectivity index (χ0) is 13.5. The van der Waals surface area contributed by atoms with Crippen molar-refractivity contribution in [2.75, 3.05) is 7.05 Å². The van der Waals surface area contributed by atoms with E-state index >= 15 is 0 Å². The van der Waals surface area contributed by atoms with Gasteiger partial charge in [0, 0.05) is 6.04 Å². The fourth-order valence-electron chi connectivity index (χ4n) is 3.00. The van der Waals surface area contributed by atoms with Crippen LogP contribution < -0.4 is 5.32 Å². The number of nitrogens with one attached hydrogen (secondary N) is 1. The monoisotopic (exact) mass is 260 g/mol. The molecule has 0 amide bonds. The Bertz CT molecular complexity index is 616. The number of aliphatic carboxylic acids is 1. The summed E-state index contributed by atoms with van der Waals surface area (Å²) in [6, 6.07) is 5.47. The third kappa shape index (κ3) is 1.73. The summed E-state index contributed by atoms with van der Waals surface area (Å²) in [6.45, 7) is 0. The molecule has 1 aliphatic rings. The second kappa shape index (κ2) is 4.35. The van der Waals surface area contributed by atoms with Gasteiger partial charge in [-0.1, -0.05) is 12.5 Å². The number of carboxylic acid groups (broad SMARTS) is 1. The molecule has 100 valence electrons. The van der Waals surface area contributed by atoms with Crippen molar-refractivity contribution in [2.24, 2.45) is 5.41 Å². The molecule has 0 saturated heterocycles. The summed E-state index contributed by atoms with van der Waals surface area (Å²) in [6.07, 6.45) is 3.79. The van der Waals surface area contributed by atoms with E-state index in [1.165, 1.54) is 6.39 Å². The van der Waals surface area contributed by atoms with Crippen LogP contribution in [-0.4, -0.2) is 23.1 Å². The molecule has 0 spiro atoms. The predicted octanol–water partition coefficient (Wildman–Crippen LogP) is 2.34. The Morgan fingerprint density at radius 1 is 1.53 bits per heavy atom. The molecule has 0 bridgehead atoms. The number of carbonyl (C=O) groups is 1. The van der Waals surface area contributed by atoms with Crippen molar-refractivity contribution in [3.8, 4) is 0 Å². The maximum atomic E-state index is 11.6. The minimum Gasteiger partial charge on any atom is -0.481 e. The lowest BCUT2D eigenvalue weighted by Crippen LogP contribution is -2.47. The molecule has 1 fully saturated rings. The summed E-state index contributed by atoms with van der Waals surface area (Å²) in [5.41, 5.74) is 1.73. The Morgan fingerprint density at radius 3 is 2.89 bits per heavy atom. The number of nitrogens with zero attached hydrogens (tertiary/aromatic N) is 1. The average molecular weight is 260 g/mol. The highest BCUT2D eigenvalue weighted by Gasteiger charge is 2.50. The lowest BCUT2D eigenvalue weighted by Gasteiger charge is -2.44. The summed E-state index contributed by atoms with van der Waals surface area (Å²) in [7, 11) is 1.80. The van der Waals surface area contributed by atoms with Crippen LogP contribution in [0.4, 0.5) is 0 Å². The van der Waals surface area contributed by atoms with Crippen LogP contribution in [0.15, 0.2) is 29.0 Å². The standard InChI is InChI=1S/C14H16N2O3/c1-15-12(14(13(17)18)5-2-6-14)9-3-4-10-11(7-9)19-8-16-10/h3-4,7-8,12,15H,2,5-6H2,1H3,(H,17,18). The number of carboxylic acids is 1. The van der Waals surface area contributed by atoms with E-state index in [4.69, 9.17) is 4.42 Å².